The number of nitrogens with one attached hydrogen (secondary N) is 1. The van der Waals surface area contributed by atoms with Crippen LogP contribution in [0.15, 0.2) is 24.3 Å². The molecule has 0 aliphatic carbocycles. The zero-order valence-electron chi connectivity index (χ0n) is 12.6. The van der Waals surface area contributed by atoms with Gasteiger partial charge in [-0.25, -0.2) is 0 Å². The van der Waals surface area contributed by atoms with Gasteiger partial charge in [-0.05, 0) is 31.0 Å². The molecule has 1 fully saturated rings. The Labute approximate surface area is 121 Å². The van der Waals surface area contributed by atoms with Crippen LogP contribution in [0.4, 0.5) is 0 Å². The highest BCUT2D eigenvalue weighted by Gasteiger charge is 2.33. The quantitative estimate of drug-likeness (QED) is 0.829. The van der Waals surface area contributed by atoms with Crippen LogP contribution in [0.5, 0.6) is 5.75 Å². The van der Waals surface area contributed by atoms with Crippen molar-refractivity contribution in [1.29, 1.82) is 0 Å². The summed E-state index contributed by atoms with van der Waals surface area (Å²) < 4.78 is 5.62. The summed E-state index contributed by atoms with van der Waals surface area (Å²) in [5, 5.41) is 13.3. The molecule has 1 unspecified atom stereocenters. The molecule has 2 rings (SSSR count). The fourth-order valence-corrected chi connectivity index (χ4v) is 2.66. The standard InChI is InChI=1S/C16H26N2O2/c1-3-12-20-15-6-4-14(5-7-15)16(2,13-19)18-10-8-17-9-11-18/h4-7,17,19H,3,8-13H2,1-2H3. The third kappa shape index (κ3) is 3.32. The van der Waals surface area contributed by atoms with Crippen LogP contribution < -0.4 is 10.1 Å². The minimum absolute atomic E-state index is 0.127. The summed E-state index contributed by atoms with van der Waals surface area (Å²) in [6.07, 6.45) is 1.01. The first-order valence-corrected chi connectivity index (χ1v) is 7.50. The zero-order chi connectivity index (χ0) is 14.4. The summed E-state index contributed by atoms with van der Waals surface area (Å²) in [7, 11) is 0. The molecular formula is C16H26N2O2. The molecule has 20 heavy (non-hydrogen) atoms. The molecule has 0 amide bonds. The SMILES string of the molecule is CCCOc1ccc(C(C)(CO)N2CCNCC2)cc1. The van der Waals surface area contributed by atoms with Gasteiger partial charge in [-0.3, -0.25) is 4.90 Å². The first-order chi connectivity index (χ1) is 9.70. The molecule has 0 bridgehead atoms. The van der Waals surface area contributed by atoms with Gasteiger partial charge in [-0.15, -0.1) is 0 Å². The second kappa shape index (κ2) is 7.07. The summed E-state index contributed by atoms with van der Waals surface area (Å²) in [5.74, 6) is 0.899. The lowest BCUT2D eigenvalue weighted by atomic mass is 9.90. The average molecular weight is 278 g/mol. The lowest BCUT2D eigenvalue weighted by molar-refractivity contribution is 0.0311. The number of hydrogen-bond donors (Lipinski definition) is 2. The van der Waals surface area contributed by atoms with Crippen molar-refractivity contribution in [1.82, 2.24) is 10.2 Å². The van der Waals surface area contributed by atoms with Gasteiger partial charge in [0.2, 0.25) is 0 Å². The van der Waals surface area contributed by atoms with Crippen molar-refractivity contribution in [3.05, 3.63) is 29.8 Å². The second-order valence-electron chi connectivity index (χ2n) is 5.54. The molecule has 2 N–H and O–H groups in total. The van der Waals surface area contributed by atoms with E-state index in [0.717, 1.165) is 50.5 Å². The van der Waals surface area contributed by atoms with Crippen LogP contribution in [0.25, 0.3) is 0 Å². The van der Waals surface area contributed by atoms with Crippen molar-refractivity contribution in [2.24, 2.45) is 0 Å². The van der Waals surface area contributed by atoms with Gasteiger partial charge in [-0.2, -0.15) is 0 Å². The van der Waals surface area contributed by atoms with E-state index < -0.39 is 0 Å². The van der Waals surface area contributed by atoms with E-state index in [0.29, 0.717) is 0 Å². The molecule has 1 saturated heterocycles. The number of rotatable bonds is 6. The van der Waals surface area contributed by atoms with Crippen molar-refractivity contribution < 1.29 is 9.84 Å². The molecule has 1 aromatic rings. The second-order valence-corrected chi connectivity index (χ2v) is 5.54. The van der Waals surface area contributed by atoms with Crippen LogP contribution in [0, 0.1) is 0 Å². The largest absolute Gasteiger partial charge is 0.494 e. The lowest BCUT2D eigenvalue weighted by Crippen LogP contribution is -2.54. The molecule has 1 heterocycles. The molecular weight excluding hydrogens is 252 g/mol. The predicted octanol–water partition coefficient (Wildman–Crippen LogP) is 1.59. The maximum atomic E-state index is 9.91. The van der Waals surface area contributed by atoms with Crippen LogP contribution in [-0.4, -0.2) is 49.4 Å². The normalized spacial score (nSPS) is 19.6. The van der Waals surface area contributed by atoms with Gasteiger partial charge in [0.15, 0.2) is 0 Å². The van der Waals surface area contributed by atoms with E-state index in [4.69, 9.17) is 4.74 Å². The van der Waals surface area contributed by atoms with Crippen molar-refractivity contribution in [2.45, 2.75) is 25.8 Å². The lowest BCUT2D eigenvalue weighted by Gasteiger charge is -2.43. The van der Waals surface area contributed by atoms with Gasteiger partial charge in [0.1, 0.15) is 5.75 Å². The Balaban J connectivity index is 2.13. The first kappa shape index (κ1) is 15.3. The van der Waals surface area contributed by atoms with Gasteiger partial charge in [0.25, 0.3) is 0 Å². The van der Waals surface area contributed by atoms with Gasteiger partial charge in [-0.1, -0.05) is 19.1 Å². The van der Waals surface area contributed by atoms with E-state index in [1.54, 1.807) is 0 Å². The number of aliphatic hydroxyl groups is 1. The minimum atomic E-state index is -0.314. The van der Waals surface area contributed by atoms with E-state index in [9.17, 15) is 5.11 Å². The Kier molecular flexibility index (Phi) is 5.40. The van der Waals surface area contributed by atoms with Gasteiger partial charge in [0, 0.05) is 26.2 Å². The third-order valence-electron chi connectivity index (χ3n) is 4.07. The molecule has 4 heteroatoms. The van der Waals surface area contributed by atoms with Crippen molar-refractivity contribution in [3.8, 4) is 5.75 Å². The Hall–Kier alpha value is -1.10. The predicted molar refractivity (Wildman–Crippen MR) is 81.1 cm³/mol. The Bertz CT molecular complexity index is 401. The smallest absolute Gasteiger partial charge is 0.119 e. The summed E-state index contributed by atoms with van der Waals surface area (Å²) in [6.45, 7) is 8.97. The number of ether oxygens (including phenoxy) is 1. The first-order valence-electron chi connectivity index (χ1n) is 7.50. The van der Waals surface area contributed by atoms with E-state index in [1.807, 2.05) is 12.1 Å². The summed E-state index contributed by atoms with van der Waals surface area (Å²) >= 11 is 0. The fourth-order valence-electron chi connectivity index (χ4n) is 2.66. The summed E-state index contributed by atoms with van der Waals surface area (Å²) in [4.78, 5) is 2.35. The number of hydrogen-bond acceptors (Lipinski definition) is 4. The molecule has 0 radical (unpaired) electrons. The van der Waals surface area contributed by atoms with Crippen LogP contribution >= 0.6 is 0 Å². The maximum absolute atomic E-state index is 9.91. The highest BCUT2D eigenvalue weighted by atomic mass is 16.5. The molecule has 0 spiro atoms. The van der Waals surface area contributed by atoms with Crippen LogP contribution in [-0.2, 0) is 5.54 Å². The van der Waals surface area contributed by atoms with Gasteiger partial charge in [0.05, 0.1) is 18.8 Å². The van der Waals surface area contributed by atoms with E-state index in [1.165, 1.54) is 0 Å². The number of aliphatic hydroxyl groups excluding tert-OH is 1. The third-order valence-corrected chi connectivity index (χ3v) is 4.07. The topological polar surface area (TPSA) is 44.7 Å². The highest BCUT2D eigenvalue weighted by Crippen LogP contribution is 2.29. The average Bonchev–Trinajstić information content (AvgIpc) is 2.53. The molecule has 1 aliphatic rings. The Morgan fingerprint density at radius 2 is 1.90 bits per heavy atom. The van der Waals surface area contributed by atoms with Crippen molar-refractivity contribution >= 4 is 0 Å². The number of nitrogens with zero attached hydrogens (tertiary/aromatic N) is 1. The van der Waals surface area contributed by atoms with Crippen LogP contribution in [0.3, 0.4) is 0 Å². The number of benzene rings is 1. The van der Waals surface area contributed by atoms with E-state index >= 15 is 0 Å². The molecule has 1 aliphatic heterocycles. The highest BCUT2D eigenvalue weighted by molar-refractivity contribution is 5.32. The Morgan fingerprint density at radius 1 is 1.25 bits per heavy atom. The summed E-state index contributed by atoms with van der Waals surface area (Å²) in [5.41, 5.74) is 0.830. The van der Waals surface area contributed by atoms with E-state index in [2.05, 4.69) is 36.2 Å². The fraction of sp³-hybridized carbons (Fsp3) is 0.625. The molecule has 1 aromatic carbocycles. The van der Waals surface area contributed by atoms with Crippen LogP contribution in [0.1, 0.15) is 25.8 Å². The monoisotopic (exact) mass is 278 g/mol. The van der Waals surface area contributed by atoms with Gasteiger partial charge < -0.3 is 15.2 Å². The molecule has 112 valence electrons. The zero-order valence-corrected chi connectivity index (χ0v) is 12.6. The Morgan fingerprint density at radius 3 is 2.45 bits per heavy atom. The molecule has 4 nitrogen and oxygen atoms in total. The van der Waals surface area contributed by atoms with E-state index in [-0.39, 0.29) is 12.1 Å². The molecule has 0 saturated carbocycles. The molecule has 0 aromatic heterocycles. The van der Waals surface area contributed by atoms with Crippen molar-refractivity contribution in [3.63, 3.8) is 0 Å². The maximum Gasteiger partial charge on any atom is 0.119 e. The summed E-state index contributed by atoms with van der Waals surface area (Å²) in [6, 6.07) is 8.15. The van der Waals surface area contributed by atoms with Crippen molar-refractivity contribution in [2.75, 3.05) is 39.4 Å². The number of piperazine rings is 1. The molecule has 1 atom stereocenters. The minimum Gasteiger partial charge on any atom is -0.494 e. The van der Waals surface area contributed by atoms with Gasteiger partial charge >= 0.3 is 0 Å². The van der Waals surface area contributed by atoms with Crippen LogP contribution in [0.2, 0.25) is 0 Å².